The third-order valence-corrected chi connectivity index (χ3v) is 5.15. The maximum Gasteiger partial charge on any atom is 0.360 e. The summed E-state index contributed by atoms with van der Waals surface area (Å²) < 4.78 is 6.42. The van der Waals surface area contributed by atoms with Gasteiger partial charge in [-0.25, -0.2) is 9.48 Å². The van der Waals surface area contributed by atoms with Crippen molar-refractivity contribution in [2.45, 2.75) is 38.6 Å². The molecule has 2 aromatic rings. The summed E-state index contributed by atoms with van der Waals surface area (Å²) in [6.45, 7) is 5.98. The Morgan fingerprint density at radius 2 is 2.22 bits per heavy atom. The van der Waals surface area contributed by atoms with Gasteiger partial charge in [0.25, 0.3) is 0 Å². The van der Waals surface area contributed by atoms with Crippen LogP contribution in [0, 0.1) is 0 Å². The van der Waals surface area contributed by atoms with Crippen molar-refractivity contribution in [3.8, 4) is 0 Å². The summed E-state index contributed by atoms with van der Waals surface area (Å²) in [6, 6.07) is 0.168. The van der Waals surface area contributed by atoms with Crippen molar-refractivity contribution in [2.24, 2.45) is 0 Å². The van der Waals surface area contributed by atoms with E-state index in [1.807, 2.05) is 0 Å². The van der Waals surface area contributed by atoms with Gasteiger partial charge >= 0.3 is 5.97 Å². The van der Waals surface area contributed by atoms with Crippen molar-refractivity contribution in [2.75, 3.05) is 25.1 Å². The number of carbonyl (C=O) groups is 1. The summed E-state index contributed by atoms with van der Waals surface area (Å²) in [7, 11) is 1.34. The topological polar surface area (TPSA) is 86.0 Å². The second-order valence-corrected chi connectivity index (χ2v) is 6.88. The number of hydrogen-bond acceptors (Lipinski definition) is 8. The highest BCUT2D eigenvalue weighted by atomic mass is 32.1. The molecule has 2 aromatic heterocycles. The van der Waals surface area contributed by atoms with E-state index in [9.17, 15) is 4.79 Å². The molecule has 1 fully saturated rings. The SMILES string of the molecule is COC(=O)c1cn(C2CCCN(c3nnc(C(C)C)s3)C2)nn1. The fourth-order valence-corrected chi connectivity index (χ4v) is 3.47. The molecule has 23 heavy (non-hydrogen) atoms. The average molecular weight is 336 g/mol. The third kappa shape index (κ3) is 3.34. The fourth-order valence-electron chi connectivity index (χ4n) is 2.59. The number of methoxy groups -OCH3 is 1. The minimum absolute atomic E-state index is 0.168. The molecule has 0 spiro atoms. The molecular formula is C14H20N6O2S. The largest absolute Gasteiger partial charge is 0.464 e. The number of nitrogens with zero attached hydrogens (tertiary/aromatic N) is 6. The summed E-state index contributed by atoms with van der Waals surface area (Å²) in [4.78, 5) is 13.7. The molecule has 1 aliphatic heterocycles. The molecule has 0 amide bonds. The zero-order chi connectivity index (χ0) is 16.4. The maximum atomic E-state index is 11.5. The molecule has 1 aliphatic rings. The van der Waals surface area contributed by atoms with Crippen molar-refractivity contribution in [1.82, 2.24) is 25.2 Å². The third-order valence-electron chi connectivity index (χ3n) is 3.87. The molecule has 3 rings (SSSR count). The Labute approximate surface area is 138 Å². The molecule has 1 unspecified atom stereocenters. The van der Waals surface area contributed by atoms with Crippen LogP contribution >= 0.6 is 11.3 Å². The van der Waals surface area contributed by atoms with E-state index < -0.39 is 5.97 Å². The number of aromatic nitrogens is 5. The number of esters is 1. The summed E-state index contributed by atoms with van der Waals surface area (Å²) in [6.07, 6.45) is 3.69. The van der Waals surface area contributed by atoms with Crippen LogP contribution in [-0.4, -0.2) is 51.4 Å². The highest BCUT2D eigenvalue weighted by Gasteiger charge is 2.26. The molecule has 9 heteroatoms. The highest BCUT2D eigenvalue weighted by molar-refractivity contribution is 7.15. The molecule has 1 atom stereocenters. The normalized spacial score (nSPS) is 18.4. The van der Waals surface area contributed by atoms with Gasteiger partial charge in [0.2, 0.25) is 5.13 Å². The van der Waals surface area contributed by atoms with Crippen LogP contribution in [0.3, 0.4) is 0 Å². The quantitative estimate of drug-likeness (QED) is 0.788. The molecule has 3 heterocycles. The van der Waals surface area contributed by atoms with Crippen LogP contribution in [0.2, 0.25) is 0 Å². The lowest BCUT2D eigenvalue weighted by molar-refractivity contribution is 0.0594. The van der Waals surface area contributed by atoms with E-state index in [4.69, 9.17) is 0 Å². The van der Waals surface area contributed by atoms with Crippen molar-refractivity contribution < 1.29 is 9.53 Å². The molecular weight excluding hydrogens is 316 g/mol. The number of carbonyl (C=O) groups excluding carboxylic acids is 1. The lowest BCUT2D eigenvalue weighted by Gasteiger charge is -2.31. The van der Waals surface area contributed by atoms with Gasteiger partial charge in [-0.2, -0.15) is 0 Å². The van der Waals surface area contributed by atoms with E-state index in [1.165, 1.54) is 7.11 Å². The number of rotatable bonds is 4. The van der Waals surface area contributed by atoms with E-state index in [0.29, 0.717) is 5.92 Å². The van der Waals surface area contributed by atoms with Crippen LogP contribution in [0.5, 0.6) is 0 Å². The zero-order valence-corrected chi connectivity index (χ0v) is 14.3. The minimum atomic E-state index is -0.463. The first-order valence-electron chi connectivity index (χ1n) is 7.67. The van der Waals surface area contributed by atoms with Crippen LogP contribution in [0.4, 0.5) is 5.13 Å². The molecule has 0 aliphatic carbocycles. The van der Waals surface area contributed by atoms with E-state index in [1.54, 1.807) is 22.2 Å². The smallest absolute Gasteiger partial charge is 0.360 e. The van der Waals surface area contributed by atoms with Gasteiger partial charge in [-0.3, -0.25) is 0 Å². The Morgan fingerprint density at radius 3 is 2.91 bits per heavy atom. The average Bonchev–Trinajstić information content (AvgIpc) is 3.23. The van der Waals surface area contributed by atoms with E-state index in [0.717, 1.165) is 36.1 Å². The standard InChI is InChI=1S/C14H20N6O2S/c1-9(2)12-16-17-14(23-12)19-6-4-5-10(7-19)20-8-11(15-18-20)13(21)22-3/h8-10H,4-7H2,1-3H3. The molecule has 124 valence electrons. The predicted molar refractivity (Wildman–Crippen MR) is 85.8 cm³/mol. The summed E-state index contributed by atoms with van der Waals surface area (Å²) in [5.74, 6) is -0.0746. The van der Waals surface area contributed by atoms with Gasteiger partial charge in [-0.1, -0.05) is 30.4 Å². The fraction of sp³-hybridized carbons (Fsp3) is 0.643. The van der Waals surface area contributed by atoms with Crippen LogP contribution in [0.15, 0.2) is 6.20 Å². The van der Waals surface area contributed by atoms with Crippen LogP contribution in [0.25, 0.3) is 0 Å². The van der Waals surface area contributed by atoms with Gasteiger partial charge in [0.1, 0.15) is 5.01 Å². The lowest BCUT2D eigenvalue weighted by Crippen LogP contribution is -2.36. The Hall–Kier alpha value is -2.03. The van der Waals surface area contributed by atoms with Gasteiger partial charge in [-0.15, -0.1) is 15.3 Å². The van der Waals surface area contributed by atoms with Crippen LogP contribution in [0.1, 0.15) is 54.1 Å². The van der Waals surface area contributed by atoms with Gasteiger partial charge in [-0.05, 0) is 12.8 Å². The molecule has 0 radical (unpaired) electrons. The van der Waals surface area contributed by atoms with Gasteiger partial charge in [0.05, 0.1) is 19.3 Å². The molecule has 8 nitrogen and oxygen atoms in total. The first-order valence-corrected chi connectivity index (χ1v) is 8.48. The Morgan fingerprint density at radius 1 is 1.39 bits per heavy atom. The second-order valence-electron chi connectivity index (χ2n) is 5.90. The minimum Gasteiger partial charge on any atom is -0.464 e. The number of ether oxygens (including phenoxy) is 1. The number of anilines is 1. The first kappa shape index (κ1) is 15.9. The Bertz CT molecular complexity index is 682. The van der Waals surface area contributed by atoms with Gasteiger partial charge in [0, 0.05) is 19.0 Å². The zero-order valence-electron chi connectivity index (χ0n) is 13.5. The van der Waals surface area contributed by atoms with Crippen molar-refractivity contribution in [3.63, 3.8) is 0 Å². The van der Waals surface area contributed by atoms with Crippen molar-refractivity contribution in [1.29, 1.82) is 0 Å². The Balaban J connectivity index is 1.72. The number of hydrogen-bond donors (Lipinski definition) is 0. The Kier molecular flexibility index (Phi) is 4.56. The maximum absolute atomic E-state index is 11.5. The first-order chi connectivity index (χ1) is 11.1. The summed E-state index contributed by atoms with van der Waals surface area (Å²) >= 11 is 1.64. The van der Waals surface area contributed by atoms with Crippen molar-refractivity contribution >= 4 is 22.4 Å². The van der Waals surface area contributed by atoms with E-state index >= 15 is 0 Å². The molecule has 1 saturated heterocycles. The predicted octanol–water partition coefficient (Wildman–Crippen LogP) is 1.88. The van der Waals surface area contributed by atoms with E-state index in [2.05, 4.69) is 44.0 Å². The van der Waals surface area contributed by atoms with E-state index in [-0.39, 0.29) is 11.7 Å². The number of piperidine rings is 1. The van der Waals surface area contributed by atoms with Gasteiger partial charge in [0.15, 0.2) is 5.69 Å². The highest BCUT2D eigenvalue weighted by Crippen LogP contribution is 2.30. The molecule has 0 bridgehead atoms. The summed E-state index contributed by atoms with van der Waals surface area (Å²) in [5.41, 5.74) is 0.239. The van der Waals surface area contributed by atoms with Crippen LogP contribution in [-0.2, 0) is 4.74 Å². The molecule has 0 N–H and O–H groups in total. The second kappa shape index (κ2) is 6.61. The van der Waals surface area contributed by atoms with Gasteiger partial charge < -0.3 is 9.64 Å². The summed E-state index contributed by atoms with van der Waals surface area (Å²) in [5, 5.41) is 18.5. The lowest BCUT2D eigenvalue weighted by atomic mass is 10.1. The molecule has 0 aromatic carbocycles. The van der Waals surface area contributed by atoms with Crippen molar-refractivity contribution in [3.05, 3.63) is 16.9 Å². The molecule has 0 saturated carbocycles. The monoisotopic (exact) mass is 336 g/mol. The van der Waals surface area contributed by atoms with Crippen LogP contribution < -0.4 is 4.90 Å².